The lowest BCUT2D eigenvalue weighted by atomic mass is 9.96. The van der Waals surface area contributed by atoms with E-state index in [4.69, 9.17) is 9.84 Å². The number of carbonyl (C=O) groups excluding carboxylic acids is 1. The Balaban J connectivity index is 2.08. The Bertz CT molecular complexity index is 488. The van der Waals surface area contributed by atoms with Crippen LogP contribution in [0.5, 0.6) is 0 Å². The summed E-state index contributed by atoms with van der Waals surface area (Å²) in [6, 6.07) is 8.69. The smallest absolute Gasteiger partial charge is 0.305 e. The van der Waals surface area contributed by atoms with Crippen molar-refractivity contribution in [2.45, 2.75) is 38.3 Å². The first-order chi connectivity index (χ1) is 10.1. The van der Waals surface area contributed by atoms with Crippen molar-refractivity contribution in [2.24, 2.45) is 5.92 Å². The zero-order valence-electron chi connectivity index (χ0n) is 12.1. The molecule has 3 unspecified atom stereocenters. The molecule has 0 spiro atoms. The Morgan fingerprint density at radius 2 is 2.10 bits per heavy atom. The van der Waals surface area contributed by atoms with Crippen molar-refractivity contribution in [2.75, 3.05) is 6.61 Å². The lowest BCUT2D eigenvalue weighted by Gasteiger charge is -2.22. The molecule has 5 heteroatoms. The Morgan fingerprint density at radius 1 is 1.38 bits per heavy atom. The molecular formula is C16H21NO4. The van der Waals surface area contributed by atoms with Gasteiger partial charge in [-0.15, -0.1) is 0 Å². The van der Waals surface area contributed by atoms with Crippen molar-refractivity contribution < 1.29 is 19.4 Å². The van der Waals surface area contributed by atoms with Crippen molar-refractivity contribution in [1.82, 2.24) is 5.32 Å². The Kier molecular flexibility index (Phi) is 5.33. The van der Waals surface area contributed by atoms with Crippen LogP contribution in [0.3, 0.4) is 0 Å². The highest BCUT2D eigenvalue weighted by molar-refractivity contribution is 5.80. The lowest BCUT2D eigenvalue weighted by Crippen LogP contribution is -2.38. The number of hydrogen-bond acceptors (Lipinski definition) is 3. The van der Waals surface area contributed by atoms with Gasteiger partial charge < -0.3 is 15.2 Å². The van der Waals surface area contributed by atoms with Crippen molar-refractivity contribution in [3.8, 4) is 0 Å². The summed E-state index contributed by atoms with van der Waals surface area (Å²) in [5.74, 6) is -1.23. The van der Waals surface area contributed by atoms with Gasteiger partial charge in [-0.05, 0) is 18.4 Å². The second kappa shape index (κ2) is 7.22. The number of carbonyl (C=O) groups is 2. The van der Waals surface area contributed by atoms with Gasteiger partial charge in [0.05, 0.1) is 24.5 Å². The molecule has 1 aromatic carbocycles. The maximum atomic E-state index is 12.4. The van der Waals surface area contributed by atoms with E-state index in [1.165, 1.54) is 0 Å². The summed E-state index contributed by atoms with van der Waals surface area (Å²) in [6.45, 7) is 2.58. The number of aliphatic carboxylic acids is 1. The Morgan fingerprint density at radius 3 is 2.71 bits per heavy atom. The molecule has 1 saturated heterocycles. The van der Waals surface area contributed by atoms with E-state index in [-0.39, 0.29) is 24.3 Å². The van der Waals surface area contributed by atoms with Crippen LogP contribution in [0.25, 0.3) is 0 Å². The van der Waals surface area contributed by atoms with E-state index in [0.29, 0.717) is 13.0 Å². The van der Waals surface area contributed by atoms with Gasteiger partial charge in [-0.2, -0.15) is 0 Å². The fraction of sp³-hybridized carbons (Fsp3) is 0.500. The van der Waals surface area contributed by atoms with Crippen molar-refractivity contribution in [3.05, 3.63) is 35.9 Å². The average Bonchev–Trinajstić information content (AvgIpc) is 2.95. The molecule has 21 heavy (non-hydrogen) atoms. The Hall–Kier alpha value is -1.88. The number of nitrogens with one attached hydrogen (secondary N) is 1. The molecular weight excluding hydrogens is 270 g/mol. The van der Waals surface area contributed by atoms with Crippen LogP contribution < -0.4 is 5.32 Å². The summed E-state index contributed by atoms with van der Waals surface area (Å²) in [5, 5.41) is 11.9. The molecule has 0 aromatic heterocycles. The highest BCUT2D eigenvalue weighted by Crippen LogP contribution is 2.25. The fourth-order valence-electron chi connectivity index (χ4n) is 2.74. The molecule has 1 heterocycles. The first-order valence-electron chi connectivity index (χ1n) is 7.30. The van der Waals surface area contributed by atoms with Crippen molar-refractivity contribution >= 4 is 11.9 Å². The third kappa shape index (κ3) is 4.04. The molecule has 3 atom stereocenters. The zero-order valence-corrected chi connectivity index (χ0v) is 12.1. The summed E-state index contributed by atoms with van der Waals surface area (Å²) in [7, 11) is 0. The molecule has 0 aliphatic carbocycles. The van der Waals surface area contributed by atoms with Gasteiger partial charge in [0.15, 0.2) is 0 Å². The molecule has 0 saturated carbocycles. The van der Waals surface area contributed by atoms with Gasteiger partial charge in [0.25, 0.3) is 0 Å². The Labute approximate surface area is 124 Å². The zero-order chi connectivity index (χ0) is 15.2. The second-order valence-corrected chi connectivity index (χ2v) is 5.28. The molecule has 5 nitrogen and oxygen atoms in total. The van der Waals surface area contributed by atoms with Crippen LogP contribution in [-0.2, 0) is 14.3 Å². The molecule has 2 rings (SSSR count). The second-order valence-electron chi connectivity index (χ2n) is 5.28. The maximum absolute atomic E-state index is 12.4. The summed E-state index contributed by atoms with van der Waals surface area (Å²) >= 11 is 0. The third-order valence-electron chi connectivity index (χ3n) is 3.85. The number of benzene rings is 1. The number of rotatable bonds is 6. The minimum Gasteiger partial charge on any atom is -0.481 e. The van der Waals surface area contributed by atoms with Gasteiger partial charge in [0, 0.05) is 6.61 Å². The van der Waals surface area contributed by atoms with Crippen LogP contribution in [0.1, 0.15) is 37.8 Å². The summed E-state index contributed by atoms with van der Waals surface area (Å²) in [4.78, 5) is 23.4. The molecule has 1 aromatic rings. The lowest BCUT2D eigenvalue weighted by molar-refractivity contribution is -0.138. The number of hydrogen-bond donors (Lipinski definition) is 2. The van der Waals surface area contributed by atoms with E-state index >= 15 is 0 Å². The predicted molar refractivity (Wildman–Crippen MR) is 77.7 cm³/mol. The van der Waals surface area contributed by atoms with Gasteiger partial charge in [-0.3, -0.25) is 9.59 Å². The first-order valence-corrected chi connectivity index (χ1v) is 7.30. The minimum absolute atomic E-state index is 0.0637. The number of amides is 1. The van der Waals surface area contributed by atoms with Crippen LogP contribution >= 0.6 is 0 Å². The molecule has 2 N–H and O–H groups in total. The normalized spacial score (nSPS) is 22.7. The molecule has 0 bridgehead atoms. The molecule has 1 fully saturated rings. The monoisotopic (exact) mass is 291 g/mol. The van der Waals surface area contributed by atoms with E-state index in [9.17, 15) is 9.59 Å². The van der Waals surface area contributed by atoms with E-state index < -0.39 is 12.0 Å². The van der Waals surface area contributed by atoms with Crippen LogP contribution in [0.2, 0.25) is 0 Å². The minimum atomic E-state index is -0.932. The van der Waals surface area contributed by atoms with Crippen LogP contribution in [-0.4, -0.2) is 29.7 Å². The van der Waals surface area contributed by atoms with Gasteiger partial charge >= 0.3 is 5.97 Å². The van der Waals surface area contributed by atoms with Crippen LogP contribution in [0.4, 0.5) is 0 Å². The van der Waals surface area contributed by atoms with E-state index in [1.54, 1.807) is 0 Å². The first kappa shape index (κ1) is 15.5. The topological polar surface area (TPSA) is 75.6 Å². The summed E-state index contributed by atoms with van der Waals surface area (Å²) in [5.41, 5.74) is 0.806. The van der Waals surface area contributed by atoms with E-state index in [0.717, 1.165) is 12.0 Å². The number of ether oxygens (including phenoxy) is 1. The van der Waals surface area contributed by atoms with Crippen molar-refractivity contribution in [3.63, 3.8) is 0 Å². The molecule has 114 valence electrons. The standard InChI is InChI=1S/C16H21NO4/c1-2-14-12(8-9-21-14)16(20)17-13(10-15(18)19)11-6-4-3-5-7-11/h3-7,12-14H,2,8-10H2,1H3,(H,17,20)(H,18,19). The molecule has 0 radical (unpaired) electrons. The molecule has 1 amide bonds. The van der Waals surface area contributed by atoms with Crippen LogP contribution in [0.15, 0.2) is 30.3 Å². The van der Waals surface area contributed by atoms with Gasteiger partial charge in [0.1, 0.15) is 0 Å². The van der Waals surface area contributed by atoms with Gasteiger partial charge in [-0.25, -0.2) is 0 Å². The molecule has 1 aliphatic heterocycles. The van der Waals surface area contributed by atoms with Crippen LogP contribution in [0, 0.1) is 5.92 Å². The largest absolute Gasteiger partial charge is 0.481 e. The van der Waals surface area contributed by atoms with E-state index in [2.05, 4.69) is 5.32 Å². The fourth-order valence-corrected chi connectivity index (χ4v) is 2.74. The SMILES string of the molecule is CCC1OCCC1C(=O)NC(CC(=O)O)c1ccccc1. The predicted octanol–water partition coefficient (Wildman–Crippen LogP) is 2.13. The summed E-state index contributed by atoms with van der Waals surface area (Å²) < 4.78 is 5.53. The van der Waals surface area contributed by atoms with Gasteiger partial charge in [-0.1, -0.05) is 37.3 Å². The van der Waals surface area contributed by atoms with E-state index in [1.807, 2.05) is 37.3 Å². The number of carboxylic acid groups (broad SMARTS) is 1. The molecule has 1 aliphatic rings. The summed E-state index contributed by atoms with van der Waals surface area (Å²) in [6.07, 6.45) is 1.29. The average molecular weight is 291 g/mol. The van der Waals surface area contributed by atoms with Crippen molar-refractivity contribution in [1.29, 1.82) is 0 Å². The maximum Gasteiger partial charge on any atom is 0.305 e. The quantitative estimate of drug-likeness (QED) is 0.842. The highest BCUT2D eigenvalue weighted by atomic mass is 16.5. The highest BCUT2D eigenvalue weighted by Gasteiger charge is 2.34. The number of carboxylic acids is 1. The van der Waals surface area contributed by atoms with Gasteiger partial charge in [0.2, 0.25) is 5.91 Å². The third-order valence-corrected chi connectivity index (χ3v) is 3.85.